The van der Waals surface area contributed by atoms with Crippen molar-refractivity contribution in [1.82, 2.24) is 24.6 Å². The molecule has 5 aromatic rings. The monoisotopic (exact) mass is 589 g/mol. The van der Waals surface area contributed by atoms with Crippen LogP contribution in [-0.4, -0.2) is 65.0 Å². The molecule has 2 N–H and O–H groups in total. The molecular weight excluding hydrogens is 561 g/mol. The molecule has 41 heavy (non-hydrogen) atoms. The van der Waals surface area contributed by atoms with Gasteiger partial charge in [0.25, 0.3) is 0 Å². The molecule has 0 amide bonds. The first-order valence-corrected chi connectivity index (χ1v) is 14.0. The Kier molecular flexibility index (Phi) is 7.57. The summed E-state index contributed by atoms with van der Waals surface area (Å²) >= 11 is 12.5. The fourth-order valence-corrected chi connectivity index (χ4v) is 5.39. The molecular formula is C30H29Cl2N7O2. The molecule has 3 heterocycles. The second-order valence-corrected chi connectivity index (χ2v) is 10.6. The fourth-order valence-electron chi connectivity index (χ4n) is 5.10. The van der Waals surface area contributed by atoms with Crippen molar-refractivity contribution < 1.29 is 9.47 Å². The average Bonchev–Trinajstić information content (AvgIpc) is 3.34. The molecule has 0 atom stereocenters. The zero-order valence-corrected chi connectivity index (χ0v) is 24.2. The highest BCUT2D eigenvalue weighted by atomic mass is 35.5. The first kappa shape index (κ1) is 27.1. The standard InChI is InChI=1S/C30H29Cl2N7O2/c1-40-24-11-8-20(16-25(24)41-2)27-26-28(33)39(21-9-10-22(31)23(32)17-21)36-29(26)35-30(34-27)38-14-12-37(13-15-38)18-19-6-4-3-5-7-19/h3-11,16-17H,12-15,18,33H2,1-2H3. The second kappa shape index (κ2) is 11.4. The lowest BCUT2D eigenvalue weighted by molar-refractivity contribution is 0.249. The van der Waals surface area contributed by atoms with E-state index in [-0.39, 0.29) is 0 Å². The van der Waals surface area contributed by atoms with Gasteiger partial charge in [-0.1, -0.05) is 53.5 Å². The van der Waals surface area contributed by atoms with E-state index in [4.69, 9.17) is 53.5 Å². The van der Waals surface area contributed by atoms with Gasteiger partial charge in [-0.25, -0.2) is 9.67 Å². The molecule has 1 saturated heterocycles. The average molecular weight is 591 g/mol. The van der Waals surface area contributed by atoms with Crippen LogP contribution >= 0.6 is 23.2 Å². The minimum absolute atomic E-state index is 0.391. The van der Waals surface area contributed by atoms with E-state index in [9.17, 15) is 0 Å². The summed E-state index contributed by atoms with van der Waals surface area (Å²) in [6.45, 7) is 4.26. The Morgan fingerprint density at radius 1 is 0.829 bits per heavy atom. The van der Waals surface area contributed by atoms with Crippen molar-refractivity contribution in [2.75, 3.05) is 51.0 Å². The SMILES string of the molecule is COc1ccc(-c2nc(N3CCN(Cc4ccccc4)CC3)nc3nn(-c4ccc(Cl)c(Cl)c4)c(N)c23)cc1OC. The summed E-state index contributed by atoms with van der Waals surface area (Å²) in [4.78, 5) is 14.6. The quantitative estimate of drug-likeness (QED) is 0.258. The van der Waals surface area contributed by atoms with Crippen LogP contribution in [0.4, 0.5) is 11.8 Å². The van der Waals surface area contributed by atoms with Crippen molar-refractivity contribution in [3.63, 3.8) is 0 Å². The molecule has 0 spiro atoms. The Bertz CT molecular complexity index is 1700. The summed E-state index contributed by atoms with van der Waals surface area (Å²) in [7, 11) is 3.21. The van der Waals surface area contributed by atoms with Gasteiger partial charge in [-0.15, -0.1) is 5.10 Å². The fraction of sp³-hybridized carbons (Fsp3) is 0.233. The lowest BCUT2D eigenvalue weighted by Gasteiger charge is -2.34. The molecule has 0 radical (unpaired) electrons. The number of nitrogens with zero attached hydrogens (tertiary/aromatic N) is 6. The van der Waals surface area contributed by atoms with Crippen molar-refractivity contribution in [2.24, 2.45) is 0 Å². The van der Waals surface area contributed by atoms with E-state index in [1.54, 1.807) is 31.0 Å². The number of anilines is 2. The highest BCUT2D eigenvalue weighted by molar-refractivity contribution is 6.42. The first-order chi connectivity index (χ1) is 19.9. The van der Waals surface area contributed by atoms with Crippen molar-refractivity contribution in [3.05, 3.63) is 82.3 Å². The summed E-state index contributed by atoms with van der Waals surface area (Å²) in [5, 5.41) is 6.28. The Balaban J connectivity index is 1.41. The highest BCUT2D eigenvalue weighted by Gasteiger charge is 2.25. The van der Waals surface area contributed by atoms with Crippen LogP contribution in [0.25, 0.3) is 28.0 Å². The lowest BCUT2D eigenvalue weighted by atomic mass is 10.1. The van der Waals surface area contributed by atoms with Gasteiger partial charge in [0, 0.05) is 38.3 Å². The van der Waals surface area contributed by atoms with Gasteiger partial charge in [-0.3, -0.25) is 4.90 Å². The van der Waals surface area contributed by atoms with Crippen LogP contribution in [0, 0.1) is 0 Å². The molecule has 3 aromatic carbocycles. The number of benzene rings is 3. The first-order valence-electron chi connectivity index (χ1n) is 13.2. The number of fused-ring (bicyclic) bond motifs is 1. The number of piperazine rings is 1. The van der Waals surface area contributed by atoms with Crippen molar-refractivity contribution in [2.45, 2.75) is 6.54 Å². The van der Waals surface area contributed by atoms with Crippen molar-refractivity contribution >= 4 is 46.0 Å². The van der Waals surface area contributed by atoms with E-state index in [0.29, 0.717) is 55.7 Å². The summed E-state index contributed by atoms with van der Waals surface area (Å²) in [5.41, 5.74) is 10.6. The van der Waals surface area contributed by atoms with Gasteiger partial charge in [-0.05, 0) is 42.0 Å². The molecule has 0 saturated carbocycles. The van der Waals surface area contributed by atoms with E-state index in [0.717, 1.165) is 38.3 Å². The molecule has 1 aliphatic heterocycles. The number of nitrogen functional groups attached to an aromatic ring is 1. The van der Waals surface area contributed by atoms with Crippen LogP contribution in [0.5, 0.6) is 11.5 Å². The van der Waals surface area contributed by atoms with Crippen LogP contribution in [0.3, 0.4) is 0 Å². The molecule has 210 valence electrons. The van der Waals surface area contributed by atoms with Crippen LogP contribution in [-0.2, 0) is 6.54 Å². The molecule has 6 rings (SSSR count). The Labute approximate surface area is 248 Å². The number of aromatic nitrogens is 4. The smallest absolute Gasteiger partial charge is 0.228 e. The van der Waals surface area contributed by atoms with Crippen LogP contribution < -0.4 is 20.1 Å². The molecule has 11 heteroatoms. The Morgan fingerprint density at radius 2 is 1.59 bits per heavy atom. The highest BCUT2D eigenvalue weighted by Crippen LogP contribution is 2.38. The Hall–Kier alpha value is -4.05. The molecule has 2 aromatic heterocycles. The number of hydrogen-bond donors (Lipinski definition) is 1. The topological polar surface area (TPSA) is 94.6 Å². The molecule has 0 aliphatic carbocycles. The lowest BCUT2D eigenvalue weighted by Crippen LogP contribution is -2.46. The van der Waals surface area contributed by atoms with Crippen molar-refractivity contribution in [3.8, 4) is 28.4 Å². The number of ether oxygens (including phenoxy) is 2. The Morgan fingerprint density at radius 3 is 2.29 bits per heavy atom. The summed E-state index contributed by atoms with van der Waals surface area (Å²) < 4.78 is 12.7. The summed E-state index contributed by atoms with van der Waals surface area (Å²) in [5.74, 6) is 2.20. The van der Waals surface area contributed by atoms with E-state index < -0.39 is 0 Å². The van der Waals surface area contributed by atoms with Gasteiger partial charge >= 0.3 is 0 Å². The number of nitrogens with two attached hydrogens (primary N) is 1. The van der Waals surface area contributed by atoms with E-state index in [1.807, 2.05) is 30.3 Å². The van der Waals surface area contributed by atoms with Crippen LogP contribution in [0.1, 0.15) is 5.56 Å². The third-order valence-electron chi connectivity index (χ3n) is 7.27. The zero-order chi connectivity index (χ0) is 28.5. The molecule has 9 nitrogen and oxygen atoms in total. The van der Waals surface area contributed by atoms with Crippen LogP contribution in [0.15, 0.2) is 66.7 Å². The molecule has 1 aliphatic rings. The predicted octanol–water partition coefficient (Wildman–Crippen LogP) is 5.71. The largest absolute Gasteiger partial charge is 0.493 e. The van der Waals surface area contributed by atoms with E-state index in [2.05, 4.69) is 34.1 Å². The predicted molar refractivity (Wildman–Crippen MR) is 164 cm³/mol. The zero-order valence-electron chi connectivity index (χ0n) is 22.7. The molecule has 1 fully saturated rings. The van der Waals surface area contributed by atoms with Gasteiger partial charge in [0.15, 0.2) is 17.1 Å². The van der Waals surface area contributed by atoms with Gasteiger partial charge in [0.05, 0.1) is 41.0 Å². The molecule has 0 bridgehead atoms. The minimum Gasteiger partial charge on any atom is -0.493 e. The third-order valence-corrected chi connectivity index (χ3v) is 8.01. The van der Waals surface area contributed by atoms with Gasteiger partial charge in [-0.2, -0.15) is 4.98 Å². The summed E-state index contributed by atoms with van der Waals surface area (Å²) in [6, 6.07) is 21.4. The van der Waals surface area contributed by atoms with Gasteiger partial charge in [0.2, 0.25) is 5.95 Å². The maximum absolute atomic E-state index is 6.71. The van der Waals surface area contributed by atoms with E-state index >= 15 is 0 Å². The number of hydrogen-bond acceptors (Lipinski definition) is 8. The number of rotatable bonds is 7. The van der Waals surface area contributed by atoms with Gasteiger partial charge < -0.3 is 20.1 Å². The maximum Gasteiger partial charge on any atom is 0.228 e. The second-order valence-electron chi connectivity index (χ2n) is 9.78. The van der Waals surface area contributed by atoms with Crippen molar-refractivity contribution in [1.29, 1.82) is 0 Å². The normalized spacial score (nSPS) is 14.0. The maximum atomic E-state index is 6.71. The molecule has 0 unspecified atom stereocenters. The van der Waals surface area contributed by atoms with Gasteiger partial charge in [0.1, 0.15) is 5.82 Å². The van der Waals surface area contributed by atoms with Crippen LogP contribution in [0.2, 0.25) is 10.0 Å². The summed E-state index contributed by atoms with van der Waals surface area (Å²) in [6.07, 6.45) is 0. The van der Waals surface area contributed by atoms with E-state index in [1.165, 1.54) is 5.56 Å². The third kappa shape index (κ3) is 5.36. The minimum atomic E-state index is 0.391. The number of halogens is 2. The number of methoxy groups -OCH3 is 2.